The Kier molecular flexibility index (Phi) is 4.94. The van der Waals surface area contributed by atoms with Crippen LogP contribution in [0.15, 0.2) is 34.9 Å². The molecule has 25 heavy (non-hydrogen) atoms. The second-order valence-electron chi connectivity index (χ2n) is 5.33. The van der Waals surface area contributed by atoms with Crippen LogP contribution in [0.25, 0.3) is 0 Å². The highest BCUT2D eigenvalue weighted by Crippen LogP contribution is 2.18. The molecule has 1 amide bonds. The summed E-state index contributed by atoms with van der Waals surface area (Å²) in [4.78, 5) is 24.8. The Hall–Kier alpha value is -2.94. The lowest BCUT2D eigenvalue weighted by Crippen LogP contribution is -2.52. The Bertz CT molecular complexity index is 777. The van der Waals surface area contributed by atoms with Crippen LogP contribution in [0.2, 0.25) is 0 Å². The van der Waals surface area contributed by atoms with E-state index in [-0.39, 0.29) is 43.6 Å². The highest BCUT2D eigenvalue weighted by molar-refractivity contribution is 5.95. The first-order chi connectivity index (χ1) is 12.1. The summed E-state index contributed by atoms with van der Waals surface area (Å²) in [6.45, 7) is 0.190. The molecule has 2 heterocycles. The predicted octanol–water partition coefficient (Wildman–Crippen LogP) is 1.32. The average Bonchev–Trinajstić information content (AvgIpc) is 3.09. The Morgan fingerprint density at radius 1 is 1.40 bits per heavy atom. The summed E-state index contributed by atoms with van der Waals surface area (Å²) in [5.74, 6) is -1.98. The van der Waals surface area contributed by atoms with E-state index in [0.717, 1.165) is 0 Å². The number of nitrogens with zero attached hydrogens (tertiary/aromatic N) is 2. The Balaban J connectivity index is 1.67. The molecule has 1 aliphatic rings. The third kappa shape index (κ3) is 3.77. The number of amides is 1. The highest BCUT2D eigenvalue weighted by atomic mass is 19.1. The minimum absolute atomic E-state index is 0.0414. The number of benzene rings is 1. The second kappa shape index (κ2) is 7.31. The van der Waals surface area contributed by atoms with Crippen LogP contribution in [0.5, 0.6) is 5.75 Å². The second-order valence-corrected chi connectivity index (χ2v) is 5.33. The van der Waals surface area contributed by atoms with Gasteiger partial charge in [0.1, 0.15) is 6.61 Å². The van der Waals surface area contributed by atoms with E-state index in [9.17, 15) is 19.1 Å². The van der Waals surface area contributed by atoms with Crippen LogP contribution in [0, 0.1) is 5.82 Å². The van der Waals surface area contributed by atoms with E-state index in [1.165, 1.54) is 29.2 Å². The number of carbonyl (C=O) groups excluding carboxylic acids is 1. The third-order valence-electron chi connectivity index (χ3n) is 3.66. The smallest absolute Gasteiger partial charge is 0.328 e. The largest absolute Gasteiger partial charge is 0.482 e. The van der Waals surface area contributed by atoms with Gasteiger partial charge >= 0.3 is 5.97 Å². The quantitative estimate of drug-likeness (QED) is 0.867. The maximum atomic E-state index is 13.5. The van der Waals surface area contributed by atoms with Crippen LogP contribution >= 0.6 is 0 Å². The number of para-hydroxylation sites is 1. The zero-order chi connectivity index (χ0) is 17.8. The standard InChI is InChI=1S/C16H15FN2O6/c17-11-3-1-2-4-14(11)24-8-10-7-12(18-25-10)15(20)19-5-6-23-9-13(19)16(21)22/h1-4,7,13H,5-6,8-9H2,(H,21,22). The van der Waals surface area contributed by atoms with E-state index >= 15 is 0 Å². The fourth-order valence-corrected chi connectivity index (χ4v) is 2.39. The predicted molar refractivity (Wildman–Crippen MR) is 80.5 cm³/mol. The van der Waals surface area contributed by atoms with Crippen molar-refractivity contribution >= 4 is 11.9 Å². The van der Waals surface area contributed by atoms with Crippen molar-refractivity contribution in [3.63, 3.8) is 0 Å². The molecule has 1 aliphatic heterocycles. The summed E-state index contributed by atoms with van der Waals surface area (Å²) in [7, 11) is 0. The number of rotatable bonds is 5. The van der Waals surface area contributed by atoms with Crippen LogP contribution in [-0.4, -0.2) is 52.8 Å². The molecule has 1 atom stereocenters. The normalized spacial score (nSPS) is 17.3. The number of carboxylic acid groups (broad SMARTS) is 1. The molecule has 9 heteroatoms. The number of morpholine rings is 1. The van der Waals surface area contributed by atoms with Gasteiger partial charge in [0.05, 0.1) is 13.2 Å². The molecule has 8 nitrogen and oxygen atoms in total. The van der Waals surface area contributed by atoms with Crippen molar-refractivity contribution in [1.82, 2.24) is 10.1 Å². The van der Waals surface area contributed by atoms with E-state index in [4.69, 9.17) is 14.0 Å². The summed E-state index contributed by atoms with van der Waals surface area (Å²) in [6, 6.07) is 6.15. The van der Waals surface area contributed by atoms with Gasteiger partial charge in [-0.2, -0.15) is 0 Å². The van der Waals surface area contributed by atoms with E-state index in [0.29, 0.717) is 0 Å². The van der Waals surface area contributed by atoms with Gasteiger partial charge in [-0.25, -0.2) is 9.18 Å². The first-order valence-electron chi connectivity index (χ1n) is 7.50. The maximum absolute atomic E-state index is 13.5. The molecule has 0 aliphatic carbocycles. The highest BCUT2D eigenvalue weighted by Gasteiger charge is 2.34. The van der Waals surface area contributed by atoms with Gasteiger partial charge in [0.25, 0.3) is 5.91 Å². The number of aromatic nitrogens is 1. The number of halogens is 1. The first kappa shape index (κ1) is 16.9. The van der Waals surface area contributed by atoms with Crippen molar-refractivity contribution < 1.29 is 33.1 Å². The van der Waals surface area contributed by atoms with Crippen LogP contribution in [0.1, 0.15) is 16.2 Å². The van der Waals surface area contributed by atoms with Crippen molar-refractivity contribution in [2.24, 2.45) is 0 Å². The van der Waals surface area contributed by atoms with Crippen LogP contribution in [0.3, 0.4) is 0 Å². The van der Waals surface area contributed by atoms with Gasteiger partial charge < -0.3 is 24.0 Å². The molecule has 1 unspecified atom stereocenters. The monoisotopic (exact) mass is 350 g/mol. The molecule has 0 saturated carbocycles. The zero-order valence-corrected chi connectivity index (χ0v) is 13.1. The summed E-state index contributed by atoms with van der Waals surface area (Å²) >= 11 is 0. The fourth-order valence-electron chi connectivity index (χ4n) is 2.39. The van der Waals surface area contributed by atoms with Crippen molar-refractivity contribution in [2.45, 2.75) is 12.6 Å². The van der Waals surface area contributed by atoms with Crippen LogP contribution in [0.4, 0.5) is 4.39 Å². The average molecular weight is 350 g/mol. The number of hydrogen-bond donors (Lipinski definition) is 1. The molecule has 1 aromatic heterocycles. The van der Waals surface area contributed by atoms with Gasteiger partial charge in [-0.1, -0.05) is 17.3 Å². The number of hydrogen-bond acceptors (Lipinski definition) is 6. The van der Waals surface area contributed by atoms with Gasteiger partial charge in [-0.15, -0.1) is 0 Å². The molecule has 1 aromatic carbocycles. The lowest BCUT2D eigenvalue weighted by molar-refractivity contribution is -0.147. The summed E-state index contributed by atoms with van der Waals surface area (Å²) in [5.41, 5.74) is -0.0414. The van der Waals surface area contributed by atoms with Gasteiger partial charge in [-0.05, 0) is 12.1 Å². The molecule has 0 spiro atoms. The number of carboxylic acids is 1. The van der Waals surface area contributed by atoms with E-state index in [1.54, 1.807) is 6.07 Å². The molecule has 1 N–H and O–H groups in total. The van der Waals surface area contributed by atoms with Crippen molar-refractivity contribution in [1.29, 1.82) is 0 Å². The van der Waals surface area contributed by atoms with E-state index in [2.05, 4.69) is 5.16 Å². The van der Waals surface area contributed by atoms with Gasteiger partial charge in [0.2, 0.25) is 0 Å². The van der Waals surface area contributed by atoms with Crippen molar-refractivity contribution in [2.75, 3.05) is 19.8 Å². The lowest BCUT2D eigenvalue weighted by atomic mass is 10.2. The minimum atomic E-state index is -1.15. The van der Waals surface area contributed by atoms with Crippen molar-refractivity contribution in [3.8, 4) is 5.75 Å². The molecular formula is C16H15FN2O6. The number of ether oxygens (including phenoxy) is 2. The lowest BCUT2D eigenvalue weighted by Gasteiger charge is -2.32. The SMILES string of the molecule is O=C(O)C1COCCN1C(=O)c1cc(COc2ccccc2F)on1. The molecule has 0 radical (unpaired) electrons. The Labute approximate surface area is 141 Å². The molecule has 2 aromatic rings. The maximum Gasteiger partial charge on any atom is 0.328 e. The van der Waals surface area contributed by atoms with Gasteiger partial charge in [0, 0.05) is 12.6 Å². The molecular weight excluding hydrogens is 335 g/mol. The van der Waals surface area contributed by atoms with Crippen LogP contribution < -0.4 is 4.74 Å². The molecule has 0 bridgehead atoms. The molecule has 1 fully saturated rings. The summed E-state index contributed by atoms with van der Waals surface area (Å²) < 4.78 is 28.9. The molecule has 3 rings (SSSR count). The van der Waals surface area contributed by atoms with E-state index < -0.39 is 23.7 Å². The zero-order valence-electron chi connectivity index (χ0n) is 13.1. The van der Waals surface area contributed by atoms with Crippen LogP contribution in [-0.2, 0) is 16.1 Å². The fraction of sp³-hybridized carbons (Fsp3) is 0.312. The Morgan fingerprint density at radius 2 is 2.20 bits per heavy atom. The van der Waals surface area contributed by atoms with Gasteiger partial charge in [0.15, 0.2) is 29.1 Å². The molecule has 132 valence electrons. The topological polar surface area (TPSA) is 102 Å². The number of aliphatic carboxylic acids is 1. The first-order valence-corrected chi connectivity index (χ1v) is 7.50. The number of carbonyl (C=O) groups is 2. The van der Waals surface area contributed by atoms with Crippen molar-refractivity contribution in [3.05, 3.63) is 47.6 Å². The van der Waals surface area contributed by atoms with E-state index in [1.807, 2.05) is 0 Å². The van der Waals surface area contributed by atoms with Gasteiger partial charge in [-0.3, -0.25) is 4.79 Å². The Morgan fingerprint density at radius 3 is 2.96 bits per heavy atom. The third-order valence-corrected chi connectivity index (χ3v) is 3.66. The minimum Gasteiger partial charge on any atom is -0.482 e. The summed E-state index contributed by atoms with van der Waals surface area (Å²) in [5, 5.41) is 12.8. The summed E-state index contributed by atoms with van der Waals surface area (Å²) in [6.07, 6.45) is 0. The molecule has 1 saturated heterocycles.